The van der Waals surface area contributed by atoms with E-state index in [0.29, 0.717) is 22.9 Å². The minimum atomic E-state index is -4.67. The zero-order valence-corrected chi connectivity index (χ0v) is 23.5. The van der Waals surface area contributed by atoms with Crippen LogP contribution in [0.1, 0.15) is 103 Å². The second-order valence-electron chi connectivity index (χ2n) is 10.8. The second-order valence-corrected chi connectivity index (χ2v) is 11.7. The Morgan fingerprint density at radius 3 is 2.06 bits per heavy atom. The maximum absolute atomic E-state index is 10.8. The maximum Gasteiger partial charge on any atom is 0.394 e. The van der Waals surface area contributed by atoms with E-state index < -0.39 is 16.0 Å². The average Bonchev–Trinajstić information content (AvgIpc) is 2.98. The number of fused-ring (bicyclic) bond motifs is 1. The van der Waals surface area contributed by atoms with Crippen molar-refractivity contribution in [2.75, 3.05) is 11.5 Å². The minimum absolute atomic E-state index is 0.310. The van der Waals surface area contributed by atoms with Crippen molar-refractivity contribution in [3.05, 3.63) is 59.2 Å². The van der Waals surface area contributed by atoms with Crippen molar-refractivity contribution >= 4 is 21.8 Å². The van der Waals surface area contributed by atoms with E-state index in [9.17, 15) is 5.11 Å². The first-order chi connectivity index (χ1) is 16.6. The molecule has 0 spiro atoms. The van der Waals surface area contributed by atoms with E-state index in [2.05, 4.69) is 53.7 Å². The molecule has 0 bridgehead atoms. The third-order valence-electron chi connectivity index (χ3n) is 6.54. The molecular weight excluding hydrogens is 476 g/mol. The Kier molecular flexibility index (Phi) is 11.9. The first-order valence-electron chi connectivity index (χ1n) is 12.7. The summed E-state index contributed by atoms with van der Waals surface area (Å²) in [5.41, 5.74) is 17.1. The summed E-state index contributed by atoms with van der Waals surface area (Å²) < 4.78 is 31.6. The molecule has 36 heavy (non-hydrogen) atoms. The van der Waals surface area contributed by atoms with Crippen LogP contribution in [0.2, 0.25) is 0 Å². The maximum atomic E-state index is 10.8. The SMILES string of the molecule is CCCC(O)(CC(C)C)c1ccccc1N.CCCC1CC(C)(C)c2cccc(N)c21.O=S(=O)(O)O. The van der Waals surface area contributed by atoms with E-state index in [0.717, 1.165) is 30.5 Å². The summed E-state index contributed by atoms with van der Waals surface area (Å²) in [5, 5.41) is 10.8. The number of rotatable bonds is 7. The second kappa shape index (κ2) is 13.4. The van der Waals surface area contributed by atoms with Crippen molar-refractivity contribution < 1.29 is 22.6 Å². The van der Waals surface area contributed by atoms with Gasteiger partial charge in [-0.15, -0.1) is 0 Å². The largest absolute Gasteiger partial charge is 0.398 e. The molecule has 0 amide bonds. The van der Waals surface area contributed by atoms with Gasteiger partial charge in [0.2, 0.25) is 0 Å². The molecule has 2 aromatic carbocycles. The van der Waals surface area contributed by atoms with Gasteiger partial charge in [-0.3, -0.25) is 9.11 Å². The smallest absolute Gasteiger partial charge is 0.394 e. The number of para-hydroxylation sites is 1. The van der Waals surface area contributed by atoms with Crippen molar-refractivity contribution in [3.63, 3.8) is 0 Å². The van der Waals surface area contributed by atoms with E-state index >= 15 is 0 Å². The van der Waals surface area contributed by atoms with Crippen LogP contribution in [0.3, 0.4) is 0 Å². The quantitative estimate of drug-likeness (QED) is 0.206. The van der Waals surface area contributed by atoms with Crippen LogP contribution in [0.4, 0.5) is 11.4 Å². The number of aliphatic hydroxyl groups is 1. The molecule has 204 valence electrons. The Morgan fingerprint density at radius 1 is 1.00 bits per heavy atom. The highest BCUT2D eigenvalue weighted by Crippen LogP contribution is 2.49. The molecule has 1 aliphatic carbocycles. The topological polar surface area (TPSA) is 147 Å². The molecule has 2 atom stereocenters. The van der Waals surface area contributed by atoms with Crippen LogP contribution in [-0.4, -0.2) is 22.6 Å². The van der Waals surface area contributed by atoms with Crippen molar-refractivity contribution in [1.82, 2.24) is 0 Å². The third kappa shape index (κ3) is 9.73. The fourth-order valence-corrected chi connectivity index (χ4v) is 5.41. The number of nitrogen functional groups attached to an aromatic ring is 2. The van der Waals surface area contributed by atoms with E-state index in [1.165, 1.54) is 30.4 Å². The molecule has 2 aromatic rings. The highest BCUT2D eigenvalue weighted by atomic mass is 32.3. The Hall–Kier alpha value is -2.13. The molecule has 7 nitrogen and oxygen atoms in total. The summed E-state index contributed by atoms with van der Waals surface area (Å²) in [6, 6.07) is 14.0. The number of anilines is 2. The first kappa shape index (κ1) is 31.9. The summed E-state index contributed by atoms with van der Waals surface area (Å²) in [4.78, 5) is 0. The standard InChI is InChI=1S/C14H23NO.C14H21N.H2O4S/c1-4-9-14(16,10-11(2)3)12-7-5-6-8-13(12)15;1-4-6-10-9-14(2,3)11-7-5-8-12(15)13(10)11;1-5(2,3)4/h5-8,11,16H,4,9-10,15H2,1-3H3;5,7-8,10H,4,6,9,15H2,1-3H3;(H2,1,2,3,4). The van der Waals surface area contributed by atoms with Gasteiger partial charge in [-0.1, -0.05) is 84.7 Å². The van der Waals surface area contributed by atoms with Gasteiger partial charge in [-0.25, -0.2) is 0 Å². The lowest BCUT2D eigenvalue weighted by atomic mass is 9.81. The monoisotopic (exact) mass is 522 g/mol. The zero-order valence-electron chi connectivity index (χ0n) is 22.7. The molecule has 0 radical (unpaired) electrons. The van der Waals surface area contributed by atoms with Gasteiger partial charge in [0, 0.05) is 16.9 Å². The summed E-state index contributed by atoms with van der Waals surface area (Å²) in [7, 11) is -4.67. The highest BCUT2D eigenvalue weighted by molar-refractivity contribution is 7.79. The van der Waals surface area contributed by atoms with E-state index in [-0.39, 0.29) is 0 Å². The van der Waals surface area contributed by atoms with Crippen LogP contribution in [0.25, 0.3) is 0 Å². The molecule has 3 rings (SSSR count). The van der Waals surface area contributed by atoms with Crippen LogP contribution in [0.5, 0.6) is 0 Å². The molecule has 8 heteroatoms. The normalized spacial score (nSPS) is 17.8. The Labute approximate surface area is 217 Å². The minimum Gasteiger partial charge on any atom is -0.398 e. The van der Waals surface area contributed by atoms with Crippen molar-refractivity contribution in [1.29, 1.82) is 0 Å². The van der Waals surface area contributed by atoms with Gasteiger partial charge in [0.1, 0.15) is 0 Å². The Morgan fingerprint density at radius 2 is 1.56 bits per heavy atom. The van der Waals surface area contributed by atoms with Crippen LogP contribution in [-0.2, 0) is 21.4 Å². The van der Waals surface area contributed by atoms with E-state index in [1.807, 2.05) is 30.3 Å². The van der Waals surface area contributed by atoms with Crippen molar-refractivity contribution in [2.45, 2.75) is 97.0 Å². The lowest BCUT2D eigenvalue weighted by molar-refractivity contribution is 0.00668. The zero-order chi connectivity index (χ0) is 27.7. The van der Waals surface area contributed by atoms with Gasteiger partial charge in [0.05, 0.1) is 5.60 Å². The predicted octanol–water partition coefficient (Wildman–Crippen LogP) is 6.48. The Bertz CT molecular complexity index is 1060. The molecule has 2 unspecified atom stereocenters. The van der Waals surface area contributed by atoms with E-state index in [4.69, 9.17) is 29.0 Å². The molecule has 1 aliphatic rings. The lowest BCUT2D eigenvalue weighted by Crippen LogP contribution is -2.28. The fourth-order valence-electron chi connectivity index (χ4n) is 5.41. The molecule has 7 N–H and O–H groups in total. The number of nitrogens with two attached hydrogens (primary N) is 2. The summed E-state index contributed by atoms with van der Waals surface area (Å²) in [5.74, 6) is 1.14. The number of hydrogen-bond donors (Lipinski definition) is 5. The molecular formula is C28H46N2O5S. The molecule has 0 aromatic heterocycles. The first-order valence-corrected chi connectivity index (χ1v) is 14.1. The van der Waals surface area contributed by atoms with Crippen LogP contribution in [0, 0.1) is 5.92 Å². The third-order valence-corrected chi connectivity index (χ3v) is 6.54. The summed E-state index contributed by atoms with van der Waals surface area (Å²) in [6.45, 7) is 13.3. The van der Waals surface area contributed by atoms with Crippen molar-refractivity contribution in [2.24, 2.45) is 5.92 Å². The summed E-state index contributed by atoms with van der Waals surface area (Å²) >= 11 is 0. The summed E-state index contributed by atoms with van der Waals surface area (Å²) in [6.07, 6.45) is 6.25. The average molecular weight is 523 g/mol. The predicted molar refractivity (Wildman–Crippen MR) is 149 cm³/mol. The van der Waals surface area contributed by atoms with Crippen LogP contribution >= 0.6 is 0 Å². The van der Waals surface area contributed by atoms with E-state index in [1.54, 1.807) is 0 Å². The highest BCUT2D eigenvalue weighted by Gasteiger charge is 2.37. The molecule has 0 fully saturated rings. The molecule has 0 saturated heterocycles. The molecule has 0 aliphatic heterocycles. The van der Waals surface area contributed by atoms with Gasteiger partial charge in [0.15, 0.2) is 0 Å². The van der Waals surface area contributed by atoms with Crippen LogP contribution < -0.4 is 11.5 Å². The Balaban J connectivity index is 0.000000304. The van der Waals surface area contributed by atoms with Crippen molar-refractivity contribution in [3.8, 4) is 0 Å². The van der Waals surface area contributed by atoms with Gasteiger partial charge in [-0.2, -0.15) is 8.42 Å². The van der Waals surface area contributed by atoms with Gasteiger partial charge in [-0.05, 0) is 66.2 Å². The van der Waals surface area contributed by atoms with Gasteiger partial charge >= 0.3 is 10.4 Å². The molecule has 0 heterocycles. The van der Waals surface area contributed by atoms with Gasteiger partial charge in [0.25, 0.3) is 0 Å². The number of benzene rings is 2. The number of hydrogen-bond acceptors (Lipinski definition) is 5. The van der Waals surface area contributed by atoms with Gasteiger partial charge < -0.3 is 16.6 Å². The fraction of sp³-hybridized carbons (Fsp3) is 0.571. The van der Waals surface area contributed by atoms with Crippen LogP contribution in [0.15, 0.2) is 42.5 Å². The molecule has 0 saturated carbocycles. The lowest BCUT2D eigenvalue weighted by Gasteiger charge is -2.31.